The first-order chi connectivity index (χ1) is 9.79. The van der Waals surface area contributed by atoms with Crippen LogP contribution in [0.4, 0.5) is 0 Å². The molecule has 1 unspecified atom stereocenters. The van der Waals surface area contributed by atoms with E-state index >= 15 is 0 Å². The van der Waals surface area contributed by atoms with Crippen LogP contribution in [0.3, 0.4) is 0 Å². The fourth-order valence-corrected chi connectivity index (χ4v) is 2.13. The second kappa shape index (κ2) is 7.90. The molecule has 20 heavy (non-hydrogen) atoms. The largest absolute Gasteiger partial charge is 0.467 e. The monoisotopic (exact) mass is 291 g/mol. The molecule has 2 aromatic rings. The minimum atomic E-state index is -0.641. The highest BCUT2D eigenvalue weighted by Gasteiger charge is 2.15. The molecule has 0 fully saturated rings. The molecule has 0 saturated heterocycles. The molecule has 0 bridgehead atoms. The van der Waals surface area contributed by atoms with Crippen molar-refractivity contribution in [1.82, 2.24) is 4.90 Å². The Bertz CT molecular complexity index is 511. The standard InChI is InChI=1S/C16H18ClNO2/c17-9-5-10-18(12-14-6-2-1-3-7-14)13-15(19)16-8-4-11-20-16/h1-9,11,15,19H,10,12-13H2. The van der Waals surface area contributed by atoms with Crippen molar-refractivity contribution < 1.29 is 9.52 Å². The molecule has 3 nitrogen and oxygen atoms in total. The van der Waals surface area contributed by atoms with Gasteiger partial charge < -0.3 is 9.52 Å². The van der Waals surface area contributed by atoms with Gasteiger partial charge in [0.1, 0.15) is 11.9 Å². The van der Waals surface area contributed by atoms with Crippen molar-refractivity contribution in [2.75, 3.05) is 13.1 Å². The van der Waals surface area contributed by atoms with Crippen molar-refractivity contribution in [3.63, 3.8) is 0 Å². The van der Waals surface area contributed by atoms with Gasteiger partial charge in [0.05, 0.1) is 6.26 Å². The van der Waals surface area contributed by atoms with E-state index < -0.39 is 6.10 Å². The first kappa shape index (κ1) is 14.9. The van der Waals surface area contributed by atoms with Gasteiger partial charge in [-0.1, -0.05) is 48.0 Å². The molecule has 2 rings (SSSR count). The minimum Gasteiger partial charge on any atom is -0.467 e. The maximum Gasteiger partial charge on any atom is 0.133 e. The van der Waals surface area contributed by atoms with Crippen LogP contribution in [-0.4, -0.2) is 23.1 Å². The van der Waals surface area contributed by atoms with E-state index in [1.54, 1.807) is 18.4 Å². The Hall–Kier alpha value is -1.55. The van der Waals surface area contributed by atoms with Crippen molar-refractivity contribution in [3.8, 4) is 0 Å². The van der Waals surface area contributed by atoms with Crippen LogP contribution < -0.4 is 0 Å². The summed E-state index contributed by atoms with van der Waals surface area (Å²) >= 11 is 5.60. The highest BCUT2D eigenvalue weighted by molar-refractivity contribution is 6.25. The Morgan fingerprint density at radius 3 is 2.65 bits per heavy atom. The van der Waals surface area contributed by atoms with Crippen molar-refractivity contribution in [2.45, 2.75) is 12.6 Å². The average molecular weight is 292 g/mol. The molecule has 0 radical (unpaired) electrons. The smallest absolute Gasteiger partial charge is 0.133 e. The van der Waals surface area contributed by atoms with E-state index in [4.69, 9.17) is 16.0 Å². The Balaban J connectivity index is 2.00. The molecular formula is C16H18ClNO2. The number of rotatable bonds is 7. The van der Waals surface area contributed by atoms with E-state index in [0.29, 0.717) is 18.8 Å². The molecule has 1 aromatic carbocycles. The van der Waals surface area contributed by atoms with Gasteiger partial charge in [0.25, 0.3) is 0 Å². The molecule has 0 aliphatic rings. The van der Waals surface area contributed by atoms with Crippen molar-refractivity contribution in [3.05, 3.63) is 71.7 Å². The van der Waals surface area contributed by atoms with Gasteiger partial charge >= 0.3 is 0 Å². The van der Waals surface area contributed by atoms with Crippen molar-refractivity contribution in [1.29, 1.82) is 0 Å². The quantitative estimate of drug-likeness (QED) is 0.847. The number of aliphatic hydroxyl groups is 1. The van der Waals surface area contributed by atoms with Gasteiger partial charge in [0.15, 0.2) is 0 Å². The van der Waals surface area contributed by atoms with Crippen LogP contribution in [0.25, 0.3) is 0 Å². The van der Waals surface area contributed by atoms with Gasteiger partial charge in [0.2, 0.25) is 0 Å². The van der Waals surface area contributed by atoms with E-state index in [2.05, 4.69) is 17.0 Å². The summed E-state index contributed by atoms with van der Waals surface area (Å²) in [5.41, 5.74) is 2.69. The predicted molar refractivity (Wildman–Crippen MR) is 80.4 cm³/mol. The van der Waals surface area contributed by atoms with Gasteiger partial charge in [-0.15, -0.1) is 0 Å². The highest BCUT2D eigenvalue weighted by atomic mass is 35.5. The lowest BCUT2D eigenvalue weighted by Crippen LogP contribution is -2.28. The summed E-state index contributed by atoms with van der Waals surface area (Å²) in [6.07, 6.45) is 2.79. The molecule has 0 aliphatic carbocycles. The van der Waals surface area contributed by atoms with Gasteiger partial charge in [-0.3, -0.25) is 4.90 Å². The lowest BCUT2D eigenvalue weighted by molar-refractivity contribution is 0.0966. The van der Waals surface area contributed by atoms with Crippen LogP contribution in [0.1, 0.15) is 17.4 Å². The molecule has 0 aliphatic heterocycles. The second-order valence-electron chi connectivity index (χ2n) is 4.57. The van der Waals surface area contributed by atoms with Crippen LogP contribution in [-0.2, 0) is 6.54 Å². The number of hydrogen-bond donors (Lipinski definition) is 1. The lowest BCUT2D eigenvalue weighted by Gasteiger charge is -2.23. The van der Waals surface area contributed by atoms with Crippen molar-refractivity contribution in [2.24, 2.45) is 0 Å². The fourth-order valence-electron chi connectivity index (χ4n) is 2.05. The van der Waals surface area contributed by atoms with Crippen LogP contribution >= 0.6 is 11.6 Å². The lowest BCUT2D eigenvalue weighted by atomic mass is 10.2. The first-order valence-corrected chi connectivity index (χ1v) is 6.96. The third kappa shape index (κ3) is 4.53. The minimum absolute atomic E-state index is 0.490. The summed E-state index contributed by atoms with van der Waals surface area (Å²) < 4.78 is 5.23. The molecule has 1 heterocycles. The highest BCUT2D eigenvalue weighted by Crippen LogP contribution is 2.16. The SMILES string of the molecule is OC(CN(CC=CCl)Cc1ccccc1)c1ccco1. The number of nitrogens with zero attached hydrogens (tertiary/aromatic N) is 1. The normalized spacial score (nSPS) is 13.2. The van der Waals surface area contributed by atoms with Gasteiger partial charge in [0, 0.05) is 25.2 Å². The molecule has 0 amide bonds. The summed E-state index contributed by atoms with van der Waals surface area (Å²) in [5, 5.41) is 10.2. The average Bonchev–Trinajstić information content (AvgIpc) is 3.00. The van der Waals surface area contributed by atoms with Gasteiger partial charge in [-0.05, 0) is 17.7 Å². The number of furan rings is 1. The van der Waals surface area contributed by atoms with Crippen LogP contribution in [0, 0.1) is 0 Å². The maximum absolute atomic E-state index is 10.2. The second-order valence-corrected chi connectivity index (χ2v) is 4.82. The zero-order valence-corrected chi connectivity index (χ0v) is 11.9. The molecule has 1 N–H and O–H groups in total. The molecule has 0 spiro atoms. The van der Waals surface area contributed by atoms with Gasteiger partial charge in [-0.25, -0.2) is 0 Å². The zero-order valence-electron chi connectivity index (χ0n) is 11.2. The zero-order chi connectivity index (χ0) is 14.2. The Morgan fingerprint density at radius 2 is 2.00 bits per heavy atom. The van der Waals surface area contributed by atoms with E-state index in [0.717, 1.165) is 6.54 Å². The Morgan fingerprint density at radius 1 is 1.20 bits per heavy atom. The van der Waals surface area contributed by atoms with Crippen LogP contribution in [0.5, 0.6) is 0 Å². The fraction of sp³-hybridized carbons (Fsp3) is 0.250. The molecular weight excluding hydrogens is 274 g/mol. The molecule has 1 aromatic heterocycles. The van der Waals surface area contributed by atoms with Crippen LogP contribution in [0.2, 0.25) is 0 Å². The van der Waals surface area contributed by atoms with E-state index in [-0.39, 0.29) is 0 Å². The number of benzene rings is 1. The predicted octanol–water partition coefficient (Wildman–Crippen LogP) is 3.57. The summed E-state index contributed by atoms with van der Waals surface area (Å²) in [6.45, 7) is 1.92. The van der Waals surface area contributed by atoms with Gasteiger partial charge in [-0.2, -0.15) is 0 Å². The third-order valence-corrected chi connectivity index (χ3v) is 3.18. The first-order valence-electron chi connectivity index (χ1n) is 6.52. The van der Waals surface area contributed by atoms with Crippen molar-refractivity contribution >= 4 is 11.6 Å². The van der Waals surface area contributed by atoms with E-state index in [1.807, 2.05) is 24.3 Å². The molecule has 106 valence electrons. The summed E-state index contributed by atoms with van der Waals surface area (Å²) in [6, 6.07) is 13.7. The topological polar surface area (TPSA) is 36.6 Å². The number of aliphatic hydroxyl groups excluding tert-OH is 1. The van der Waals surface area contributed by atoms with E-state index in [9.17, 15) is 5.11 Å². The molecule has 1 atom stereocenters. The third-order valence-electron chi connectivity index (χ3n) is 3.00. The van der Waals surface area contributed by atoms with E-state index in [1.165, 1.54) is 11.1 Å². The Labute approximate surface area is 124 Å². The Kier molecular flexibility index (Phi) is 5.87. The molecule has 0 saturated carbocycles. The summed E-state index contributed by atoms with van der Waals surface area (Å²) in [7, 11) is 0. The number of hydrogen-bond acceptors (Lipinski definition) is 3. The summed E-state index contributed by atoms with van der Waals surface area (Å²) in [4.78, 5) is 2.11. The number of halogens is 1. The summed E-state index contributed by atoms with van der Waals surface area (Å²) in [5.74, 6) is 0.581. The maximum atomic E-state index is 10.2. The molecule has 4 heteroatoms. The van der Waals surface area contributed by atoms with Crippen LogP contribution in [0.15, 0.2) is 64.8 Å².